The van der Waals surface area contributed by atoms with Gasteiger partial charge in [0.25, 0.3) is 0 Å². The highest BCUT2D eigenvalue weighted by molar-refractivity contribution is 7.92. The average molecular weight is 400 g/mol. The van der Waals surface area contributed by atoms with Gasteiger partial charge in [-0.05, 0) is 17.7 Å². The Hall–Kier alpha value is -2.45. The molecule has 0 amide bonds. The van der Waals surface area contributed by atoms with Gasteiger partial charge in [0.2, 0.25) is 10.0 Å². The molecule has 9 heteroatoms. The van der Waals surface area contributed by atoms with Crippen LogP contribution in [0.2, 0.25) is 5.02 Å². The summed E-state index contributed by atoms with van der Waals surface area (Å²) in [5.41, 5.74) is 0.403. The van der Waals surface area contributed by atoms with Gasteiger partial charge in [-0.15, -0.1) is 0 Å². The first kappa shape index (κ1) is 19.9. The van der Waals surface area contributed by atoms with Crippen molar-refractivity contribution in [2.75, 3.05) is 24.8 Å². The van der Waals surface area contributed by atoms with Crippen LogP contribution in [0.3, 0.4) is 0 Å². The summed E-state index contributed by atoms with van der Waals surface area (Å²) < 4.78 is 36.0. The Kier molecular flexibility index (Phi) is 5.99. The summed E-state index contributed by atoms with van der Waals surface area (Å²) in [6, 6.07) is 9.16. The number of ether oxygens (including phenoxy) is 2. The second kappa shape index (κ2) is 7.84. The fourth-order valence-electron chi connectivity index (χ4n) is 2.38. The van der Waals surface area contributed by atoms with Gasteiger partial charge >= 0.3 is 5.97 Å². The third-order valence-corrected chi connectivity index (χ3v) is 5.02. The Morgan fingerprint density at radius 1 is 1.12 bits per heavy atom. The summed E-state index contributed by atoms with van der Waals surface area (Å²) in [4.78, 5) is 11.7. The summed E-state index contributed by atoms with van der Waals surface area (Å²) >= 11 is 5.85. The molecule has 0 aromatic heterocycles. The van der Waals surface area contributed by atoms with Crippen molar-refractivity contribution >= 4 is 33.3 Å². The number of aromatic carboxylic acids is 1. The number of benzene rings is 2. The Bertz CT molecular complexity index is 912. The molecule has 0 fully saturated rings. The van der Waals surface area contributed by atoms with Gasteiger partial charge in [0.05, 0.1) is 38.3 Å². The highest BCUT2D eigenvalue weighted by atomic mass is 35.5. The summed E-state index contributed by atoms with van der Waals surface area (Å²) in [7, 11) is -1.04. The number of sulfonamides is 1. The van der Waals surface area contributed by atoms with Gasteiger partial charge in [-0.3, -0.25) is 4.31 Å². The van der Waals surface area contributed by atoms with Crippen molar-refractivity contribution in [2.45, 2.75) is 6.54 Å². The quantitative estimate of drug-likeness (QED) is 0.769. The summed E-state index contributed by atoms with van der Waals surface area (Å²) in [6.45, 7) is -0.0637. The Morgan fingerprint density at radius 2 is 1.65 bits per heavy atom. The maximum atomic E-state index is 12.4. The summed E-state index contributed by atoms with van der Waals surface area (Å²) in [5.74, 6) is -0.878. The zero-order chi connectivity index (χ0) is 19.5. The molecule has 2 aromatic carbocycles. The topological polar surface area (TPSA) is 93.1 Å². The van der Waals surface area contributed by atoms with Gasteiger partial charge in [-0.25, -0.2) is 13.2 Å². The standard InChI is InChI=1S/C17H18ClNO6S/c1-24-15-8-13(17(20)21)14(9-16(15)25-2)19(26(3,22)23)10-11-4-6-12(18)7-5-11/h4-9H,10H2,1-3H3,(H,20,21). The first-order chi connectivity index (χ1) is 12.2. The molecule has 1 N–H and O–H groups in total. The van der Waals surface area contributed by atoms with Gasteiger partial charge in [-0.1, -0.05) is 23.7 Å². The van der Waals surface area contributed by atoms with Crippen LogP contribution in [0.25, 0.3) is 0 Å². The second-order valence-corrected chi connectivity index (χ2v) is 7.77. The summed E-state index contributed by atoms with van der Waals surface area (Å²) in [6.07, 6.45) is 1.01. The highest BCUT2D eigenvalue weighted by Crippen LogP contribution is 2.36. The molecule has 0 saturated carbocycles. The van der Waals surface area contributed by atoms with Crippen molar-refractivity contribution < 1.29 is 27.8 Å². The van der Waals surface area contributed by atoms with Gasteiger partial charge < -0.3 is 14.6 Å². The van der Waals surface area contributed by atoms with E-state index >= 15 is 0 Å². The number of rotatable bonds is 7. The van der Waals surface area contributed by atoms with Crippen molar-refractivity contribution in [3.05, 3.63) is 52.5 Å². The van der Waals surface area contributed by atoms with E-state index in [0.717, 1.165) is 10.6 Å². The second-order valence-electron chi connectivity index (χ2n) is 5.43. The molecule has 0 aliphatic rings. The predicted molar refractivity (Wildman–Crippen MR) is 99.0 cm³/mol. The number of halogens is 1. The van der Waals surface area contributed by atoms with Gasteiger partial charge in [0, 0.05) is 17.2 Å². The Balaban J connectivity index is 2.64. The molecule has 0 bridgehead atoms. The zero-order valence-electron chi connectivity index (χ0n) is 14.4. The molecular formula is C17H18ClNO6S. The minimum absolute atomic E-state index is 0.0207. The van der Waals surface area contributed by atoms with Crippen LogP contribution in [-0.4, -0.2) is 40.0 Å². The van der Waals surface area contributed by atoms with E-state index in [9.17, 15) is 18.3 Å². The molecule has 26 heavy (non-hydrogen) atoms. The molecule has 140 valence electrons. The molecule has 0 unspecified atom stereocenters. The average Bonchev–Trinajstić information content (AvgIpc) is 2.58. The number of nitrogens with zero attached hydrogens (tertiary/aromatic N) is 1. The monoisotopic (exact) mass is 399 g/mol. The maximum Gasteiger partial charge on any atom is 0.337 e. The molecule has 0 heterocycles. The van der Waals surface area contributed by atoms with Crippen LogP contribution in [0.15, 0.2) is 36.4 Å². The molecule has 0 atom stereocenters. The van der Waals surface area contributed by atoms with E-state index < -0.39 is 16.0 Å². The van der Waals surface area contributed by atoms with E-state index in [1.54, 1.807) is 24.3 Å². The number of anilines is 1. The van der Waals surface area contributed by atoms with Crippen LogP contribution in [-0.2, 0) is 16.6 Å². The molecule has 0 radical (unpaired) electrons. The minimum Gasteiger partial charge on any atom is -0.493 e. The zero-order valence-corrected chi connectivity index (χ0v) is 16.0. The van der Waals surface area contributed by atoms with Gasteiger partial charge in [0.1, 0.15) is 0 Å². The fraction of sp³-hybridized carbons (Fsp3) is 0.235. The van der Waals surface area contributed by atoms with E-state index in [0.29, 0.717) is 10.6 Å². The molecule has 0 aliphatic heterocycles. The SMILES string of the molecule is COc1cc(C(=O)O)c(N(Cc2ccc(Cl)cc2)S(C)(=O)=O)cc1OC. The number of hydrogen-bond donors (Lipinski definition) is 1. The first-order valence-corrected chi connectivity index (χ1v) is 9.61. The number of carboxylic acid groups (broad SMARTS) is 1. The van der Waals surface area contributed by atoms with Crippen molar-refractivity contribution in [1.29, 1.82) is 0 Å². The van der Waals surface area contributed by atoms with E-state index in [-0.39, 0.29) is 29.3 Å². The number of carbonyl (C=O) groups is 1. The molecule has 0 saturated heterocycles. The molecule has 0 aliphatic carbocycles. The Morgan fingerprint density at radius 3 is 2.12 bits per heavy atom. The third kappa shape index (κ3) is 4.39. The van der Waals surface area contributed by atoms with E-state index in [4.69, 9.17) is 21.1 Å². The minimum atomic E-state index is -3.79. The highest BCUT2D eigenvalue weighted by Gasteiger charge is 2.26. The molecule has 0 spiro atoms. The Labute approximate surface area is 156 Å². The molecule has 2 rings (SSSR count). The molecule has 7 nitrogen and oxygen atoms in total. The van der Waals surface area contributed by atoms with Crippen molar-refractivity contribution in [3.8, 4) is 11.5 Å². The van der Waals surface area contributed by atoms with E-state index in [1.807, 2.05) is 0 Å². The van der Waals surface area contributed by atoms with Crippen LogP contribution < -0.4 is 13.8 Å². The van der Waals surface area contributed by atoms with Crippen molar-refractivity contribution in [1.82, 2.24) is 0 Å². The van der Waals surface area contributed by atoms with Crippen molar-refractivity contribution in [2.24, 2.45) is 0 Å². The largest absolute Gasteiger partial charge is 0.493 e. The summed E-state index contributed by atoms with van der Waals surface area (Å²) in [5, 5.41) is 10.0. The van der Waals surface area contributed by atoms with Crippen LogP contribution >= 0.6 is 11.6 Å². The smallest absolute Gasteiger partial charge is 0.337 e. The van der Waals surface area contributed by atoms with Crippen LogP contribution in [0.4, 0.5) is 5.69 Å². The number of hydrogen-bond acceptors (Lipinski definition) is 5. The molecule has 2 aromatic rings. The van der Waals surface area contributed by atoms with Crippen LogP contribution in [0.5, 0.6) is 11.5 Å². The molecular weight excluding hydrogens is 382 g/mol. The third-order valence-electron chi connectivity index (χ3n) is 3.64. The predicted octanol–water partition coefficient (Wildman–Crippen LogP) is 3.02. The lowest BCUT2D eigenvalue weighted by Gasteiger charge is -2.25. The van der Waals surface area contributed by atoms with Crippen LogP contribution in [0, 0.1) is 0 Å². The number of carboxylic acids is 1. The van der Waals surface area contributed by atoms with E-state index in [2.05, 4.69) is 0 Å². The lowest BCUT2D eigenvalue weighted by atomic mass is 10.1. The van der Waals surface area contributed by atoms with Gasteiger partial charge in [-0.2, -0.15) is 0 Å². The fourth-order valence-corrected chi connectivity index (χ4v) is 3.40. The first-order valence-electron chi connectivity index (χ1n) is 7.39. The lowest BCUT2D eigenvalue weighted by molar-refractivity contribution is 0.0697. The van der Waals surface area contributed by atoms with Crippen LogP contribution in [0.1, 0.15) is 15.9 Å². The van der Waals surface area contributed by atoms with E-state index in [1.165, 1.54) is 26.4 Å². The van der Waals surface area contributed by atoms with Crippen molar-refractivity contribution in [3.63, 3.8) is 0 Å². The van der Waals surface area contributed by atoms with Gasteiger partial charge in [0.15, 0.2) is 11.5 Å². The lowest BCUT2D eigenvalue weighted by Crippen LogP contribution is -2.30. The maximum absolute atomic E-state index is 12.4. The number of methoxy groups -OCH3 is 2. The normalized spacial score (nSPS) is 11.1.